The molecule has 3 saturated heterocycles. The molecule has 33 heavy (non-hydrogen) atoms. The Bertz CT molecular complexity index is 1250. The van der Waals surface area contributed by atoms with E-state index in [0.29, 0.717) is 18.1 Å². The fraction of sp³-hybridized carbons (Fsp3) is 0.304. The molecule has 2 aromatic rings. The van der Waals surface area contributed by atoms with E-state index in [1.807, 2.05) is 13.0 Å². The number of alkyl halides is 3. The van der Waals surface area contributed by atoms with Crippen molar-refractivity contribution in [3.8, 4) is 6.07 Å². The number of rotatable bonds is 2. The van der Waals surface area contributed by atoms with Crippen molar-refractivity contribution in [3.05, 3.63) is 64.7 Å². The minimum absolute atomic E-state index is 0.248. The molecule has 3 fully saturated rings. The molecule has 0 N–H and O–H groups in total. The van der Waals surface area contributed by atoms with Crippen LogP contribution in [0.25, 0.3) is 0 Å². The Balaban J connectivity index is 1.47. The van der Waals surface area contributed by atoms with Crippen LogP contribution in [0.4, 0.5) is 23.7 Å². The molecule has 2 bridgehead atoms. The first-order valence-electron chi connectivity index (χ1n) is 10.3. The first kappa shape index (κ1) is 21.0. The molecule has 4 amide bonds. The Morgan fingerprint density at radius 1 is 1.15 bits per heavy atom. The highest BCUT2D eigenvalue weighted by atomic mass is 19.4. The number of nitriles is 1. The third-order valence-electron chi connectivity index (χ3n) is 6.48. The van der Waals surface area contributed by atoms with Gasteiger partial charge >= 0.3 is 12.2 Å². The van der Waals surface area contributed by atoms with Gasteiger partial charge in [-0.3, -0.25) is 9.59 Å². The fourth-order valence-corrected chi connectivity index (χ4v) is 5.08. The predicted molar refractivity (Wildman–Crippen MR) is 109 cm³/mol. The Hall–Kier alpha value is -3.87. The van der Waals surface area contributed by atoms with Crippen LogP contribution in [0.1, 0.15) is 33.5 Å². The lowest BCUT2D eigenvalue weighted by Crippen LogP contribution is -2.54. The van der Waals surface area contributed by atoms with Crippen LogP contribution in [0.5, 0.6) is 0 Å². The summed E-state index contributed by atoms with van der Waals surface area (Å²) in [7, 11) is 0. The minimum Gasteiger partial charge on any atom is -0.331 e. The minimum atomic E-state index is -4.82. The van der Waals surface area contributed by atoms with Gasteiger partial charge in [-0.15, -0.1) is 0 Å². The van der Waals surface area contributed by atoms with Crippen LogP contribution in [0.15, 0.2) is 42.5 Å². The van der Waals surface area contributed by atoms with Gasteiger partial charge in [0, 0.05) is 12.1 Å². The normalized spacial score (nSPS) is 23.8. The molecule has 5 rings (SSSR count). The van der Waals surface area contributed by atoms with E-state index in [1.54, 1.807) is 23.1 Å². The number of likely N-dealkylation sites (tertiary alicyclic amines) is 1. The van der Waals surface area contributed by atoms with Gasteiger partial charge in [0.2, 0.25) is 0 Å². The molecule has 0 spiro atoms. The van der Waals surface area contributed by atoms with Crippen molar-refractivity contribution < 1.29 is 27.6 Å². The van der Waals surface area contributed by atoms with E-state index in [2.05, 4.69) is 0 Å². The maximum absolute atomic E-state index is 13.4. The molecule has 0 aliphatic carbocycles. The number of aryl methyl sites for hydroxylation is 1. The number of hydrogen-bond acceptors (Lipinski definition) is 4. The van der Waals surface area contributed by atoms with Gasteiger partial charge in [0.05, 0.1) is 35.0 Å². The zero-order valence-electron chi connectivity index (χ0n) is 17.3. The molecule has 3 aliphatic heterocycles. The Labute approximate surface area is 186 Å². The van der Waals surface area contributed by atoms with E-state index in [4.69, 9.17) is 5.26 Å². The number of fused-ring (bicyclic) bond motifs is 5. The van der Waals surface area contributed by atoms with E-state index in [1.165, 1.54) is 11.0 Å². The number of carbonyl (C=O) groups is 3. The Morgan fingerprint density at radius 3 is 2.58 bits per heavy atom. The second kappa shape index (κ2) is 7.07. The molecule has 0 saturated carbocycles. The van der Waals surface area contributed by atoms with E-state index >= 15 is 0 Å². The van der Waals surface area contributed by atoms with Gasteiger partial charge in [0.25, 0.3) is 11.8 Å². The highest BCUT2D eigenvalue weighted by Gasteiger charge is 2.63. The molecule has 2 unspecified atom stereocenters. The van der Waals surface area contributed by atoms with Crippen molar-refractivity contribution in [1.29, 1.82) is 5.26 Å². The predicted octanol–water partition coefficient (Wildman–Crippen LogP) is 3.32. The molecule has 2 aromatic carbocycles. The topological polar surface area (TPSA) is 84.7 Å². The summed E-state index contributed by atoms with van der Waals surface area (Å²) >= 11 is 0. The van der Waals surface area contributed by atoms with Crippen LogP contribution in [-0.2, 0) is 11.0 Å². The molecule has 3 atom stereocenters. The molecule has 7 nitrogen and oxygen atoms in total. The lowest BCUT2D eigenvalue weighted by Gasteiger charge is -2.35. The summed E-state index contributed by atoms with van der Waals surface area (Å²) < 4.78 is 40.2. The average Bonchev–Trinajstić information content (AvgIpc) is 3.43. The summed E-state index contributed by atoms with van der Waals surface area (Å²) in [6, 6.07) is 8.68. The second-order valence-corrected chi connectivity index (χ2v) is 8.43. The van der Waals surface area contributed by atoms with Gasteiger partial charge in [-0.1, -0.05) is 17.7 Å². The summed E-state index contributed by atoms with van der Waals surface area (Å²) in [5.74, 6) is -0.922. The molecule has 3 heterocycles. The van der Waals surface area contributed by atoms with Crippen LogP contribution in [-0.4, -0.2) is 52.3 Å². The van der Waals surface area contributed by atoms with Gasteiger partial charge in [0.15, 0.2) is 0 Å². The number of carbonyl (C=O) groups excluding carboxylic acids is 3. The monoisotopic (exact) mass is 454 g/mol. The van der Waals surface area contributed by atoms with Crippen molar-refractivity contribution in [1.82, 2.24) is 9.80 Å². The number of benzene rings is 2. The van der Waals surface area contributed by atoms with E-state index in [9.17, 15) is 27.6 Å². The zero-order chi connectivity index (χ0) is 23.7. The molecule has 3 aliphatic rings. The molecule has 10 heteroatoms. The SMILES string of the molecule is Cc1cccc(C(=O)N2CC3CC2[C@@H]2C(=O)N(c4ccc(C#N)c(C(F)(F)F)c4)C(=O)N32)c1. The lowest BCUT2D eigenvalue weighted by molar-refractivity contribution is -0.137. The number of nitrogens with zero attached hydrogens (tertiary/aromatic N) is 4. The molecule has 0 radical (unpaired) electrons. The standard InChI is InChI=1S/C23H17F3N4O3/c1-12-3-2-4-13(7-12)20(31)28-11-16-9-18(28)19-21(32)30(22(33)29(16)19)15-6-5-14(10-27)17(8-15)23(24,25)26/h2-8,16,18-19H,9,11H2,1H3/t16?,18?,19-/m1/s1. The number of urea groups is 1. The van der Waals surface area contributed by atoms with E-state index in [-0.39, 0.29) is 18.1 Å². The summed E-state index contributed by atoms with van der Waals surface area (Å²) in [4.78, 5) is 43.1. The van der Waals surface area contributed by atoms with Crippen LogP contribution in [0.3, 0.4) is 0 Å². The van der Waals surface area contributed by atoms with Gasteiger partial charge in [0.1, 0.15) is 6.04 Å². The van der Waals surface area contributed by atoms with Crippen molar-refractivity contribution in [2.75, 3.05) is 11.4 Å². The van der Waals surface area contributed by atoms with E-state index in [0.717, 1.165) is 22.6 Å². The largest absolute Gasteiger partial charge is 0.417 e. The van der Waals surface area contributed by atoms with Crippen LogP contribution in [0.2, 0.25) is 0 Å². The van der Waals surface area contributed by atoms with Crippen molar-refractivity contribution in [2.45, 2.75) is 37.6 Å². The van der Waals surface area contributed by atoms with Gasteiger partial charge in [-0.25, -0.2) is 9.69 Å². The van der Waals surface area contributed by atoms with E-state index < -0.39 is 47.4 Å². The highest BCUT2D eigenvalue weighted by Crippen LogP contribution is 2.43. The van der Waals surface area contributed by atoms with Crippen LogP contribution < -0.4 is 4.90 Å². The number of hydrogen-bond donors (Lipinski definition) is 0. The number of amides is 4. The smallest absolute Gasteiger partial charge is 0.331 e. The summed E-state index contributed by atoms with van der Waals surface area (Å²) in [6.07, 6.45) is -4.38. The molecule has 0 aromatic heterocycles. The van der Waals surface area contributed by atoms with Crippen molar-refractivity contribution in [2.24, 2.45) is 0 Å². The van der Waals surface area contributed by atoms with Crippen molar-refractivity contribution in [3.63, 3.8) is 0 Å². The fourth-order valence-electron chi connectivity index (χ4n) is 5.08. The second-order valence-electron chi connectivity index (χ2n) is 8.43. The molecular weight excluding hydrogens is 437 g/mol. The summed E-state index contributed by atoms with van der Waals surface area (Å²) in [5, 5.41) is 9.00. The Morgan fingerprint density at radius 2 is 1.91 bits per heavy atom. The average molecular weight is 454 g/mol. The lowest BCUT2D eigenvalue weighted by atomic mass is 10.0. The summed E-state index contributed by atoms with van der Waals surface area (Å²) in [6.45, 7) is 2.11. The third kappa shape index (κ3) is 3.07. The first-order chi connectivity index (χ1) is 15.6. The molecule has 168 valence electrons. The maximum Gasteiger partial charge on any atom is 0.417 e. The molecular formula is C23H17F3N4O3. The highest BCUT2D eigenvalue weighted by molar-refractivity contribution is 6.22. The summed E-state index contributed by atoms with van der Waals surface area (Å²) in [5.41, 5.74) is -0.673. The number of anilines is 1. The number of piperazine rings is 1. The third-order valence-corrected chi connectivity index (χ3v) is 6.48. The quantitative estimate of drug-likeness (QED) is 0.652. The van der Waals surface area contributed by atoms with Gasteiger partial charge < -0.3 is 9.80 Å². The first-order valence-corrected chi connectivity index (χ1v) is 10.3. The maximum atomic E-state index is 13.4. The van der Waals surface area contributed by atoms with Gasteiger partial charge in [-0.2, -0.15) is 18.4 Å². The van der Waals surface area contributed by atoms with Crippen LogP contribution in [0, 0.1) is 18.3 Å². The Kier molecular flexibility index (Phi) is 4.50. The van der Waals surface area contributed by atoms with Crippen LogP contribution >= 0.6 is 0 Å². The van der Waals surface area contributed by atoms with Gasteiger partial charge in [-0.05, 0) is 43.7 Å². The number of halogens is 3. The van der Waals surface area contributed by atoms with Crippen molar-refractivity contribution >= 4 is 23.5 Å². The number of imide groups is 1. The zero-order valence-corrected chi connectivity index (χ0v) is 17.3.